The minimum atomic E-state index is 0.369. The van der Waals surface area contributed by atoms with Gasteiger partial charge >= 0.3 is 0 Å². The van der Waals surface area contributed by atoms with Crippen molar-refractivity contribution in [1.29, 1.82) is 0 Å². The Morgan fingerprint density at radius 1 is 1.29 bits per heavy atom. The minimum absolute atomic E-state index is 0.369. The Kier molecular flexibility index (Phi) is 8.14. The Hall–Kier alpha value is -0.120. The molecule has 0 aliphatic rings. The van der Waals surface area contributed by atoms with Crippen molar-refractivity contribution < 1.29 is 4.74 Å². The second kappa shape index (κ2) is 8.21. The highest BCUT2D eigenvalue weighted by molar-refractivity contribution is 4.65. The summed E-state index contributed by atoms with van der Waals surface area (Å²) in [5.74, 6) is 0. The van der Waals surface area contributed by atoms with Crippen LogP contribution in [0.5, 0.6) is 0 Å². The topological polar surface area (TPSA) is 24.5 Å². The largest absolute Gasteiger partial charge is 0.382 e. The van der Waals surface area contributed by atoms with Gasteiger partial charge in [-0.1, -0.05) is 0 Å². The van der Waals surface area contributed by atoms with Crippen molar-refractivity contribution in [2.24, 2.45) is 0 Å². The molecule has 1 N–H and O–H groups in total. The van der Waals surface area contributed by atoms with E-state index in [9.17, 15) is 0 Å². The molecule has 3 heteroatoms. The molecule has 0 bridgehead atoms. The summed E-state index contributed by atoms with van der Waals surface area (Å²) in [5, 5.41) is 3.18. The van der Waals surface area contributed by atoms with Gasteiger partial charge in [0.1, 0.15) is 0 Å². The molecule has 0 rings (SSSR count). The van der Waals surface area contributed by atoms with Gasteiger partial charge in [0.05, 0.1) is 6.10 Å². The third-order valence-electron chi connectivity index (χ3n) is 2.86. The monoisotopic (exact) mass is 202 g/mol. The molecule has 0 aliphatic carbocycles. The van der Waals surface area contributed by atoms with Crippen LogP contribution < -0.4 is 5.32 Å². The molecule has 0 saturated heterocycles. The molecular formula is C11H26N2O. The van der Waals surface area contributed by atoms with Gasteiger partial charge < -0.3 is 15.0 Å². The lowest BCUT2D eigenvalue weighted by atomic mass is 10.2. The molecule has 0 aromatic carbocycles. The summed E-state index contributed by atoms with van der Waals surface area (Å²) in [6, 6.07) is 0.645. The van der Waals surface area contributed by atoms with E-state index in [1.54, 1.807) is 7.11 Å². The summed E-state index contributed by atoms with van der Waals surface area (Å²) in [6.07, 6.45) is 2.68. The number of hydrogen-bond donors (Lipinski definition) is 1. The molecule has 0 aromatic rings. The summed E-state index contributed by atoms with van der Waals surface area (Å²) in [6.45, 7) is 6.59. The maximum Gasteiger partial charge on any atom is 0.0555 e. The molecule has 3 nitrogen and oxygen atoms in total. The lowest BCUT2D eigenvalue weighted by molar-refractivity contribution is 0.0952. The Balaban J connectivity index is 3.55. The zero-order valence-electron chi connectivity index (χ0n) is 10.3. The lowest BCUT2D eigenvalue weighted by Gasteiger charge is -2.25. The van der Waals surface area contributed by atoms with Gasteiger partial charge in [-0.2, -0.15) is 0 Å². The van der Waals surface area contributed by atoms with Crippen molar-refractivity contribution in [3.8, 4) is 0 Å². The van der Waals surface area contributed by atoms with Crippen LogP contribution in [-0.2, 0) is 4.74 Å². The van der Waals surface area contributed by atoms with Crippen LogP contribution in [0.3, 0.4) is 0 Å². The SMILES string of the molecule is CNCCC(C)N(C)CCC(C)OC. The van der Waals surface area contributed by atoms with Crippen molar-refractivity contribution in [1.82, 2.24) is 10.2 Å². The smallest absolute Gasteiger partial charge is 0.0555 e. The number of methoxy groups -OCH3 is 1. The van der Waals surface area contributed by atoms with Crippen LogP contribution in [0.1, 0.15) is 26.7 Å². The fourth-order valence-electron chi connectivity index (χ4n) is 1.30. The van der Waals surface area contributed by atoms with Crippen molar-refractivity contribution in [3.05, 3.63) is 0 Å². The summed E-state index contributed by atoms with van der Waals surface area (Å²) < 4.78 is 5.22. The van der Waals surface area contributed by atoms with Gasteiger partial charge in [-0.25, -0.2) is 0 Å². The van der Waals surface area contributed by atoms with E-state index in [-0.39, 0.29) is 0 Å². The predicted octanol–water partition coefficient (Wildman–Crippen LogP) is 1.34. The highest BCUT2D eigenvalue weighted by Gasteiger charge is 2.09. The third-order valence-corrected chi connectivity index (χ3v) is 2.86. The molecule has 2 unspecified atom stereocenters. The summed E-state index contributed by atoms with van der Waals surface area (Å²) in [5.41, 5.74) is 0. The molecule has 14 heavy (non-hydrogen) atoms. The highest BCUT2D eigenvalue weighted by atomic mass is 16.5. The molecule has 0 radical (unpaired) electrons. The normalized spacial score (nSPS) is 15.9. The molecule has 86 valence electrons. The molecule has 0 aromatic heterocycles. The summed E-state index contributed by atoms with van der Waals surface area (Å²) in [7, 11) is 5.96. The van der Waals surface area contributed by atoms with Gasteiger partial charge in [-0.05, 0) is 47.3 Å². The van der Waals surface area contributed by atoms with Crippen LogP contribution in [0, 0.1) is 0 Å². The van der Waals surface area contributed by atoms with E-state index in [4.69, 9.17) is 4.74 Å². The molecule has 0 saturated carbocycles. The molecule has 2 atom stereocenters. The van der Waals surface area contributed by atoms with Crippen LogP contribution in [0.15, 0.2) is 0 Å². The second-order valence-corrected chi connectivity index (χ2v) is 4.06. The van der Waals surface area contributed by atoms with Gasteiger partial charge in [0, 0.05) is 19.7 Å². The predicted molar refractivity (Wildman–Crippen MR) is 61.7 cm³/mol. The van der Waals surface area contributed by atoms with E-state index in [0.717, 1.165) is 19.5 Å². The number of nitrogens with zero attached hydrogens (tertiary/aromatic N) is 1. The highest BCUT2D eigenvalue weighted by Crippen LogP contribution is 2.03. The van der Waals surface area contributed by atoms with E-state index in [2.05, 4.69) is 31.1 Å². The summed E-state index contributed by atoms with van der Waals surface area (Å²) >= 11 is 0. The first kappa shape index (κ1) is 13.9. The quantitative estimate of drug-likeness (QED) is 0.643. The first-order valence-electron chi connectivity index (χ1n) is 5.49. The van der Waals surface area contributed by atoms with E-state index < -0.39 is 0 Å². The van der Waals surface area contributed by atoms with Crippen molar-refractivity contribution >= 4 is 0 Å². The van der Waals surface area contributed by atoms with Crippen molar-refractivity contribution in [2.45, 2.75) is 38.8 Å². The van der Waals surface area contributed by atoms with Crippen molar-refractivity contribution in [3.63, 3.8) is 0 Å². The first-order chi connectivity index (χ1) is 6.61. The van der Waals surface area contributed by atoms with Crippen LogP contribution in [0.4, 0.5) is 0 Å². The van der Waals surface area contributed by atoms with Gasteiger partial charge in [0.2, 0.25) is 0 Å². The second-order valence-electron chi connectivity index (χ2n) is 4.06. The Morgan fingerprint density at radius 3 is 2.43 bits per heavy atom. The van der Waals surface area contributed by atoms with Crippen LogP contribution >= 0.6 is 0 Å². The molecule has 0 heterocycles. The fraction of sp³-hybridized carbons (Fsp3) is 1.00. The maximum atomic E-state index is 5.22. The van der Waals surface area contributed by atoms with Crippen LogP contribution in [0.2, 0.25) is 0 Å². The van der Waals surface area contributed by atoms with Gasteiger partial charge in [0.25, 0.3) is 0 Å². The van der Waals surface area contributed by atoms with Crippen molar-refractivity contribution in [2.75, 3.05) is 34.3 Å². The Morgan fingerprint density at radius 2 is 1.93 bits per heavy atom. The Labute approximate surface area is 88.8 Å². The zero-order valence-corrected chi connectivity index (χ0v) is 10.3. The van der Waals surface area contributed by atoms with E-state index in [1.807, 2.05) is 7.05 Å². The van der Waals surface area contributed by atoms with Gasteiger partial charge in [0.15, 0.2) is 0 Å². The molecular weight excluding hydrogens is 176 g/mol. The van der Waals surface area contributed by atoms with E-state index >= 15 is 0 Å². The minimum Gasteiger partial charge on any atom is -0.382 e. The number of ether oxygens (including phenoxy) is 1. The molecule has 0 amide bonds. The first-order valence-corrected chi connectivity index (χ1v) is 5.49. The average molecular weight is 202 g/mol. The fourth-order valence-corrected chi connectivity index (χ4v) is 1.30. The Bertz CT molecular complexity index is 130. The molecule has 0 spiro atoms. The van der Waals surface area contributed by atoms with Crippen LogP contribution in [0.25, 0.3) is 0 Å². The van der Waals surface area contributed by atoms with E-state index in [0.29, 0.717) is 12.1 Å². The average Bonchev–Trinajstić information content (AvgIpc) is 2.21. The van der Waals surface area contributed by atoms with Crippen LogP contribution in [-0.4, -0.2) is 51.3 Å². The van der Waals surface area contributed by atoms with Gasteiger partial charge in [-0.3, -0.25) is 0 Å². The standard InChI is InChI=1S/C11H26N2O/c1-10(6-8-12-3)13(4)9-7-11(2)14-5/h10-12H,6-9H2,1-5H3. The zero-order chi connectivity index (χ0) is 11.0. The lowest BCUT2D eigenvalue weighted by Crippen LogP contribution is -2.33. The summed E-state index contributed by atoms with van der Waals surface area (Å²) in [4.78, 5) is 2.40. The van der Waals surface area contributed by atoms with Gasteiger partial charge in [-0.15, -0.1) is 0 Å². The number of hydrogen-bond acceptors (Lipinski definition) is 3. The number of rotatable bonds is 8. The maximum absolute atomic E-state index is 5.22. The third kappa shape index (κ3) is 6.35. The molecule has 0 fully saturated rings. The van der Waals surface area contributed by atoms with E-state index in [1.165, 1.54) is 6.42 Å². The molecule has 0 aliphatic heterocycles. The number of nitrogens with one attached hydrogen (secondary N) is 1.